The predicted octanol–water partition coefficient (Wildman–Crippen LogP) is 4.17. The molecule has 2 aromatic rings. The second-order valence-corrected chi connectivity index (χ2v) is 5.05. The van der Waals surface area contributed by atoms with Gasteiger partial charge < -0.3 is 10.1 Å². The minimum absolute atomic E-state index is 0.0150. The number of nitrogens with one attached hydrogen (secondary N) is 1. The number of aryl methyl sites for hydroxylation is 1. The highest BCUT2D eigenvalue weighted by Crippen LogP contribution is 2.26. The third-order valence-electron chi connectivity index (χ3n) is 2.93. The lowest BCUT2D eigenvalue weighted by Gasteiger charge is -2.15. The number of halogens is 1. The minimum atomic E-state index is -0.503. The number of anilines is 1. The Hall–Kier alpha value is -2.36. The summed E-state index contributed by atoms with van der Waals surface area (Å²) >= 11 is 0. The monoisotopic (exact) mass is 287 g/mol. The number of carbonyl (C=O) groups excluding carboxylic acids is 1. The number of carbonyl (C=O) groups is 1. The van der Waals surface area contributed by atoms with Crippen molar-refractivity contribution < 1.29 is 13.9 Å². The van der Waals surface area contributed by atoms with Crippen LogP contribution in [0.1, 0.15) is 29.8 Å². The zero-order valence-corrected chi connectivity index (χ0v) is 12.3. The van der Waals surface area contributed by atoms with Gasteiger partial charge in [0.05, 0.1) is 17.4 Å². The van der Waals surface area contributed by atoms with E-state index in [4.69, 9.17) is 4.74 Å². The Morgan fingerprint density at radius 1 is 1.14 bits per heavy atom. The SMILES string of the molecule is Cc1cccc(C(=O)Nc2ccccc2OC(C)C)c1F. The molecule has 0 saturated carbocycles. The average molecular weight is 287 g/mol. The molecule has 0 aliphatic carbocycles. The predicted molar refractivity (Wildman–Crippen MR) is 81.3 cm³/mol. The van der Waals surface area contributed by atoms with Crippen molar-refractivity contribution >= 4 is 11.6 Å². The van der Waals surface area contributed by atoms with Crippen LogP contribution in [0.5, 0.6) is 5.75 Å². The normalized spacial score (nSPS) is 10.5. The van der Waals surface area contributed by atoms with Gasteiger partial charge in [0.2, 0.25) is 0 Å². The van der Waals surface area contributed by atoms with Crippen molar-refractivity contribution in [3.05, 3.63) is 59.4 Å². The summed E-state index contributed by atoms with van der Waals surface area (Å²) < 4.78 is 19.6. The maximum absolute atomic E-state index is 14.0. The zero-order valence-electron chi connectivity index (χ0n) is 12.3. The van der Waals surface area contributed by atoms with Crippen LogP contribution in [0.25, 0.3) is 0 Å². The minimum Gasteiger partial charge on any atom is -0.489 e. The quantitative estimate of drug-likeness (QED) is 0.916. The molecule has 21 heavy (non-hydrogen) atoms. The molecule has 0 bridgehead atoms. The molecule has 0 aliphatic heterocycles. The first-order chi connectivity index (χ1) is 9.99. The molecule has 110 valence electrons. The fraction of sp³-hybridized carbons (Fsp3) is 0.235. The molecule has 1 amide bonds. The van der Waals surface area contributed by atoms with E-state index in [9.17, 15) is 9.18 Å². The Kier molecular flexibility index (Phi) is 4.58. The standard InChI is InChI=1S/C17H18FNO2/c1-11(2)21-15-10-5-4-9-14(15)19-17(20)13-8-6-7-12(3)16(13)18/h4-11H,1-3H3,(H,19,20). The van der Waals surface area contributed by atoms with E-state index in [1.165, 1.54) is 6.07 Å². The summed E-state index contributed by atoms with van der Waals surface area (Å²) in [6, 6.07) is 11.8. The van der Waals surface area contributed by atoms with Crippen LogP contribution in [0.3, 0.4) is 0 Å². The number of hydrogen-bond donors (Lipinski definition) is 1. The van der Waals surface area contributed by atoms with Crippen LogP contribution in [0.15, 0.2) is 42.5 Å². The van der Waals surface area contributed by atoms with Crippen LogP contribution in [0.2, 0.25) is 0 Å². The van der Waals surface area contributed by atoms with Crippen LogP contribution in [0, 0.1) is 12.7 Å². The largest absolute Gasteiger partial charge is 0.489 e. The Balaban J connectivity index is 2.26. The van der Waals surface area contributed by atoms with Gasteiger partial charge in [-0.25, -0.2) is 4.39 Å². The molecule has 2 rings (SSSR count). The van der Waals surface area contributed by atoms with Gasteiger partial charge in [-0.15, -0.1) is 0 Å². The highest BCUT2D eigenvalue weighted by atomic mass is 19.1. The third-order valence-corrected chi connectivity index (χ3v) is 2.93. The molecule has 4 heteroatoms. The van der Waals surface area contributed by atoms with E-state index in [2.05, 4.69) is 5.32 Å². The van der Waals surface area contributed by atoms with E-state index < -0.39 is 11.7 Å². The van der Waals surface area contributed by atoms with Gasteiger partial charge in [-0.05, 0) is 44.5 Å². The second kappa shape index (κ2) is 6.39. The lowest BCUT2D eigenvalue weighted by molar-refractivity contribution is 0.102. The molecule has 0 unspecified atom stereocenters. The van der Waals surface area contributed by atoms with Crippen molar-refractivity contribution in [3.8, 4) is 5.75 Å². The zero-order chi connectivity index (χ0) is 15.4. The van der Waals surface area contributed by atoms with Crippen molar-refractivity contribution in [2.24, 2.45) is 0 Å². The van der Waals surface area contributed by atoms with Crippen LogP contribution in [-0.4, -0.2) is 12.0 Å². The van der Waals surface area contributed by atoms with Crippen molar-refractivity contribution in [2.45, 2.75) is 26.9 Å². The molecular weight excluding hydrogens is 269 g/mol. The van der Waals surface area contributed by atoms with Gasteiger partial charge in [0.25, 0.3) is 5.91 Å². The van der Waals surface area contributed by atoms with Gasteiger partial charge >= 0.3 is 0 Å². The summed E-state index contributed by atoms with van der Waals surface area (Å²) in [4.78, 5) is 12.2. The molecule has 0 atom stereocenters. The molecule has 1 N–H and O–H groups in total. The van der Waals surface area contributed by atoms with Crippen LogP contribution in [0.4, 0.5) is 10.1 Å². The van der Waals surface area contributed by atoms with Gasteiger partial charge in [0.1, 0.15) is 11.6 Å². The van der Waals surface area contributed by atoms with Gasteiger partial charge in [-0.3, -0.25) is 4.79 Å². The van der Waals surface area contributed by atoms with Crippen molar-refractivity contribution in [3.63, 3.8) is 0 Å². The average Bonchev–Trinajstić information content (AvgIpc) is 2.43. The van der Waals surface area contributed by atoms with Gasteiger partial charge in [0, 0.05) is 0 Å². The van der Waals surface area contributed by atoms with E-state index in [0.717, 1.165) is 0 Å². The summed E-state index contributed by atoms with van der Waals surface area (Å²) in [6.07, 6.45) is -0.0150. The summed E-state index contributed by atoms with van der Waals surface area (Å²) in [7, 11) is 0. The van der Waals surface area contributed by atoms with Gasteiger partial charge in [-0.1, -0.05) is 24.3 Å². The van der Waals surface area contributed by atoms with E-state index in [-0.39, 0.29) is 11.7 Å². The molecule has 0 aromatic heterocycles. The van der Waals surface area contributed by atoms with Crippen LogP contribution < -0.4 is 10.1 Å². The molecular formula is C17H18FNO2. The fourth-order valence-electron chi connectivity index (χ4n) is 1.94. The Morgan fingerprint density at radius 3 is 2.57 bits per heavy atom. The lowest BCUT2D eigenvalue weighted by Crippen LogP contribution is -2.16. The Morgan fingerprint density at radius 2 is 1.86 bits per heavy atom. The highest BCUT2D eigenvalue weighted by molar-refractivity contribution is 6.05. The Labute approximate surface area is 123 Å². The van der Waals surface area contributed by atoms with E-state index >= 15 is 0 Å². The maximum atomic E-state index is 14.0. The summed E-state index contributed by atoms with van der Waals surface area (Å²) in [5.41, 5.74) is 0.987. The number of ether oxygens (including phenoxy) is 1. The molecule has 2 aromatic carbocycles. The van der Waals surface area contributed by atoms with Gasteiger partial charge in [-0.2, -0.15) is 0 Å². The maximum Gasteiger partial charge on any atom is 0.258 e. The molecule has 0 saturated heterocycles. The first-order valence-electron chi connectivity index (χ1n) is 6.81. The molecule has 0 spiro atoms. The summed E-state index contributed by atoms with van der Waals surface area (Å²) in [5, 5.41) is 2.70. The summed E-state index contributed by atoms with van der Waals surface area (Å²) in [5.74, 6) is -0.429. The van der Waals surface area contributed by atoms with Crippen LogP contribution >= 0.6 is 0 Å². The molecule has 0 fully saturated rings. The molecule has 0 heterocycles. The van der Waals surface area contributed by atoms with Crippen molar-refractivity contribution in [2.75, 3.05) is 5.32 Å². The smallest absolute Gasteiger partial charge is 0.258 e. The highest BCUT2D eigenvalue weighted by Gasteiger charge is 2.15. The van der Waals surface area contributed by atoms with Crippen molar-refractivity contribution in [1.29, 1.82) is 0 Å². The Bertz CT molecular complexity index is 653. The topological polar surface area (TPSA) is 38.3 Å². The number of para-hydroxylation sites is 2. The lowest BCUT2D eigenvalue weighted by atomic mass is 10.1. The molecule has 3 nitrogen and oxygen atoms in total. The van der Waals surface area contributed by atoms with E-state index in [1.807, 2.05) is 19.9 Å². The second-order valence-electron chi connectivity index (χ2n) is 5.05. The third kappa shape index (κ3) is 3.60. The van der Waals surface area contributed by atoms with Gasteiger partial charge in [0.15, 0.2) is 0 Å². The van der Waals surface area contributed by atoms with E-state index in [1.54, 1.807) is 37.3 Å². The number of hydrogen-bond acceptors (Lipinski definition) is 2. The van der Waals surface area contributed by atoms with Crippen LogP contribution in [-0.2, 0) is 0 Å². The van der Waals surface area contributed by atoms with Crippen molar-refractivity contribution in [1.82, 2.24) is 0 Å². The number of rotatable bonds is 4. The number of benzene rings is 2. The first kappa shape index (κ1) is 15.0. The first-order valence-corrected chi connectivity index (χ1v) is 6.81. The van der Waals surface area contributed by atoms with E-state index in [0.29, 0.717) is 17.0 Å². The molecule has 0 aliphatic rings. The summed E-state index contributed by atoms with van der Waals surface area (Å²) in [6.45, 7) is 5.43. The number of amides is 1. The fourth-order valence-corrected chi connectivity index (χ4v) is 1.94. The molecule has 0 radical (unpaired) electrons.